The highest BCUT2D eigenvalue weighted by Crippen LogP contribution is 2.51. The summed E-state index contributed by atoms with van der Waals surface area (Å²) < 4.78 is 2.27. The Morgan fingerprint density at radius 2 is 1.46 bits per heavy atom. The molecular weight excluding hydrogens is 428 g/mol. The highest BCUT2D eigenvalue weighted by Gasteiger charge is 2.30. The first-order valence-electron chi connectivity index (χ1n) is 12.0. The first-order chi connectivity index (χ1) is 17.4. The molecule has 4 heteroatoms. The fourth-order valence-corrected chi connectivity index (χ4v) is 6.58. The number of imidazole rings is 1. The number of nitrogens with zero attached hydrogens (tertiary/aromatic N) is 4. The van der Waals surface area contributed by atoms with E-state index in [0.29, 0.717) is 0 Å². The first-order valence-corrected chi connectivity index (χ1v) is 12.0. The lowest BCUT2D eigenvalue weighted by atomic mass is 9.92. The van der Waals surface area contributed by atoms with E-state index in [0.717, 1.165) is 40.4 Å². The maximum absolute atomic E-state index is 5.14. The zero-order valence-electron chi connectivity index (χ0n) is 18.8. The Labute approximate surface area is 200 Å². The maximum Gasteiger partial charge on any atom is 0.146 e. The van der Waals surface area contributed by atoms with E-state index in [4.69, 9.17) is 4.98 Å². The molecule has 4 aromatic heterocycles. The molecule has 4 heterocycles. The molecule has 0 unspecified atom stereocenters. The third-order valence-electron chi connectivity index (χ3n) is 8.00. The Morgan fingerprint density at radius 3 is 2.43 bits per heavy atom. The molecule has 2 aliphatic carbocycles. The predicted octanol–water partition coefficient (Wildman–Crippen LogP) is 6.73. The highest BCUT2D eigenvalue weighted by molar-refractivity contribution is 6.17. The van der Waals surface area contributed by atoms with Gasteiger partial charge in [-0.1, -0.05) is 48.5 Å². The van der Waals surface area contributed by atoms with Crippen LogP contribution in [0.4, 0.5) is 0 Å². The minimum atomic E-state index is 0.917. The summed E-state index contributed by atoms with van der Waals surface area (Å²) in [4.78, 5) is 14.0. The molecule has 0 aliphatic heterocycles. The van der Waals surface area contributed by atoms with Crippen LogP contribution >= 0.6 is 0 Å². The Morgan fingerprint density at radius 1 is 0.629 bits per heavy atom. The average molecular weight is 447 g/mol. The molecule has 0 bridgehead atoms. The normalized spacial score (nSPS) is 13.5. The Balaban J connectivity index is 1.47. The van der Waals surface area contributed by atoms with Crippen molar-refractivity contribution in [1.29, 1.82) is 0 Å². The van der Waals surface area contributed by atoms with Crippen LogP contribution < -0.4 is 0 Å². The van der Waals surface area contributed by atoms with Crippen molar-refractivity contribution in [3.8, 4) is 22.3 Å². The van der Waals surface area contributed by atoms with Gasteiger partial charge in [0.2, 0.25) is 0 Å². The second-order valence-electron chi connectivity index (χ2n) is 9.69. The van der Waals surface area contributed by atoms with Gasteiger partial charge in [-0.05, 0) is 74.9 Å². The van der Waals surface area contributed by atoms with E-state index >= 15 is 0 Å². The summed E-state index contributed by atoms with van der Waals surface area (Å²) in [6.07, 6.45) is 9.52. The van der Waals surface area contributed by atoms with Crippen molar-refractivity contribution in [3.05, 3.63) is 108 Å². The van der Waals surface area contributed by atoms with Gasteiger partial charge in [-0.3, -0.25) is 14.4 Å². The van der Waals surface area contributed by atoms with Gasteiger partial charge in [0.1, 0.15) is 5.65 Å². The van der Waals surface area contributed by atoms with E-state index in [1.54, 1.807) is 0 Å². The second kappa shape index (κ2) is 6.10. The summed E-state index contributed by atoms with van der Waals surface area (Å²) in [5.41, 5.74) is 15.3. The van der Waals surface area contributed by atoms with Gasteiger partial charge < -0.3 is 0 Å². The Bertz CT molecular complexity index is 2070. The maximum atomic E-state index is 5.14. The Kier molecular flexibility index (Phi) is 3.11. The second-order valence-corrected chi connectivity index (χ2v) is 9.69. The highest BCUT2D eigenvalue weighted by atomic mass is 15.0. The molecule has 0 N–H and O–H groups in total. The molecule has 0 saturated carbocycles. The van der Waals surface area contributed by atoms with Crippen LogP contribution in [0, 0.1) is 0 Å². The topological polar surface area (TPSA) is 43.1 Å². The van der Waals surface area contributed by atoms with Gasteiger partial charge in [0.05, 0.1) is 22.7 Å². The lowest BCUT2D eigenvalue weighted by molar-refractivity contribution is 1.23. The number of pyridine rings is 3. The van der Waals surface area contributed by atoms with E-state index < -0.39 is 0 Å². The van der Waals surface area contributed by atoms with Crippen LogP contribution in [0.2, 0.25) is 0 Å². The zero-order valence-corrected chi connectivity index (χ0v) is 18.8. The molecule has 7 aromatic rings. The van der Waals surface area contributed by atoms with Gasteiger partial charge in [0, 0.05) is 29.4 Å². The van der Waals surface area contributed by atoms with Gasteiger partial charge >= 0.3 is 0 Å². The molecule has 35 heavy (non-hydrogen) atoms. The number of fused-ring (bicyclic) bond motifs is 16. The number of benzene rings is 3. The molecule has 9 rings (SSSR count). The Hall–Kier alpha value is -4.57. The molecule has 0 fully saturated rings. The largest absolute Gasteiger partial charge is 0.290 e. The van der Waals surface area contributed by atoms with Crippen molar-refractivity contribution in [2.24, 2.45) is 0 Å². The fourth-order valence-electron chi connectivity index (χ4n) is 6.58. The molecule has 0 radical (unpaired) electrons. The smallest absolute Gasteiger partial charge is 0.146 e. The van der Waals surface area contributed by atoms with Gasteiger partial charge in [0.25, 0.3) is 0 Å². The van der Waals surface area contributed by atoms with Crippen LogP contribution in [0.5, 0.6) is 0 Å². The van der Waals surface area contributed by atoms with Crippen molar-refractivity contribution in [1.82, 2.24) is 19.4 Å². The predicted molar refractivity (Wildman–Crippen MR) is 140 cm³/mol. The monoisotopic (exact) mass is 446 g/mol. The third kappa shape index (κ3) is 2.11. The van der Waals surface area contributed by atoms with Crippen molar-refractivity contribution in [2.75, 3.05) is 0 Å². The van der Waals surface area contributed by atoms with Gasteiger partial charge in [-0.25, -0.2) is 4.98 Å². The summed E-state index contributed by atoms with van der Waals surface area (Å²) in [6.45, 7) is 0. The molecule has 3 aromatic carbocycles. The number of hydrogen-bond donors (Lipinski definition) is 0. The van der Waals surface area contributed by atoms with Crippen LogP contribution in [0.25, 0.3) is 60.6 Å². The summed E-state index contributed by atoms with van der Waals surface area (Å²) in [6, 6.07) is 22.3. The third-order valence-corrected chi connectivity index (χ3v) is 8.00. The molecular formula is C31H18N4. The summed E-state index contributed by atoms with van der Waals surface area (Å²) in [5.74, 6) is 0. The fraction of sp³-hybridized carbons (Fsp3) is 0.0645. The van der Waals surface area contributed by atoms with Crippen molar-refractivity contribution in [2.45, 2.75) is 12.8 Å². The standard InChI is InChI=1S/C31H18N4/c1-2-4-20-17(3-1)13-18-5-6-19-14-23-21(29(19)28(18)20)7-8-22-24-15-32-12-10-26(24)35-27-16-33-11-9-25(27)34-31(35)30(22)23/h1-12,15-16H,13-14H2. The summed E-state index contributed by atoms with van der Waals surface area (Å²) in [7, 11) is 0. The quantitative estimate of drug-likeness (QED) is 0.243. The van der Waals surface area contributed by atoms with Crippen LogP contribution in [-0.2, 0) is 12.8 Å². The van der Waals surface area contributed by atoms with E-state index in [2.05, 4.69) is 69.0 Å². The molecule has 162 valence electrons. The van der Waals surface area contributed by atoms with Crippen LogP contribution in [0.1, 0.15) is 22.3 Å². The van der Waals surface area contributed by atoms with Crippen molar-refractivity contribution < 1.29 is 0 Å². The SMILES string of the molecule is c1ccc2c(c1)Cc1ccc3c(c1-2)-c1ccc2c4cnccc4n4c5cnccc5nc4c2c1C3. The molecule has 0 spiro atoms. The van der Waals surface area contributed by atoms with Gasteiger partial charge in [-0.15, -0.1) is 0 Å². The van der Waals surface area contributed by atoms with E-state index in [-0.39, 0.29) is 0 Å². The van der Waals surface area contributed by atoms with Gasteiger partial charge in [-0.2, -0.15) is 0 Å². The van der Waals surface area contributed by atoms with E-state index in [9.17, 15) is 0 Å². The van der Waals surface area contributed by atoms with E-state index in [1.807, 2.05) is 30.9 Å². The molecule has 0 atom stereocenters. The van der Waals surface area contributed by atoms with E-state index in [1.165, 1.54) is 55.3 Å². The number of aromatic nitrogens is 4. The molecule has 0 saturated heterocycles. The van der Waals surface area contributed by atoms with Crippen molar-refractivity contribution in [3.63, 3.8) is 0 Å². The lowest BCUT2D eigenvalue weighted by Gasteiger charge is -2.13. The van der Waals surface area contributed by atoms with Crippen LogP contribution in [-0.4, -0.2) is 19.4 Å². The average Bonchev–Trinajstić information content (AvgIpc) is 3.59. The van der Waals surface area contributed by atoms with Crippen LogP contribution in [0.15, 0.2) is 85.5 Å². The minimum absolute atomic E-state index is 0.917. The van der Waals surface area contributed by atoms with Crippen LogP contribution in [0.3, 0.4) is 0 Å². The van der Waals surface area contributed by atoms with Crippen molar-refractivity contribution >= 4 is 38.4 Å². The first kappa shape index (κ1) is 17.8. The zero-order chi connectivity index (χ0) is 22.7. The summed E-state index contributed by atoms with van der Waals surface area (Å²) >= 11 is 0. The van der Waals surface area contributed by atoms with Gasteiger partial charge in [0.15, 0.2) is 0 Å². The summed E-state index contributed by atoms with van der Waals surface area (Å²) in [5, 5.41) is 3.59. The lowest BCUT2D eigenvalue weighted by Crippen LogP contribution is -1.95. The minimum Gasteiger partial charge on any atom is -0.290 e. The molecule has 2 aliphatic rings. The molecule has 4 nitrogen and oxygen atoms in total. The number of rotatable bonds is 0. The molecule has 0 amide bonds. The number of hydrogen-bond acceptors (Lipinski definition) is 3.